The molecule has 90 valence electrons. The van der Waals surface area contributed by atoms with E-state index in [1.54, 1.807) is 0 Å². The van der Waals surface area contributed by atoms with Crippen LogP contribution in [0, 0.1) is 6.92 Å². The number of nitrogen functional groups attached to an aromatic ring is 1. The summed E-state index contributed by atoms with van der Waals surface area (Å²) in [5.41, 5.74) is 8.97. The molecule has 3 nitrogen and oxygen atoms in total. The smallest absolute Gasteiger partial charge is 0.0390 e. The normalized spacial score (nSPS) is 10.8. The van der Waals surface area contributed by atoms with E-state index in [0.717, 1.165) is 37.6 Å². The third-order valence-corrected chi connectivity index (χ3v) is 2.90. The highest BCUT2D eigenvalue weighted by molar-refractivity contribution is 5.59. The van der Waals surface area contributed by atoms with Gasteiger partial charge in [-0.05, 0) is 37.7 Å². The molecule has 0 atom stereocenters. The van der Waals surface area contributed by atoms with Crippen molar-refractivity contribution in [3.63, 3.8) is 0 Å². The fourth-order valence-corrected chi connectivity index (χ4v) is 1.72. The van der Waals surface area contributed by atoms with E-state index in [9.17, 15) is 0 Å². The Bertz CT molecular complexity index is 319. The summed E-state index contributed by atoms with van der Waals surface area (Å²) >= 11 is 0. The predicted molar refractivity (Wildman–Crippen MR) is 71.9 cm³/mol. The van der Waals surface area contributed by atoms with Crippen molar-refractivity contribution in [3.8, 4) is 0 Å². The molecule has 16 heavy (non-hydrogen) atoms. The van der Waals surface area contributed by atoms with Gasteiger partial charge in [0.05, 0.1) is 0 Å². The first kappa shape index (κ1) is 12.8. The van der Waals surface area contributed by atoms with Crippen LogP contribution in [-0.4, -0.2) is 31.1 Å². The van der Waals surface area contributed by atoms with Crippen molar-refractivity contribution in [2.45, 2.75) is 20.8 Å². The maximum Gasteiger partial charge on any atom is 0.0390 e. The van der Waals surface area contributed by atoms with E-state index in [4.69, 9.17) is 5.73 Å². The second kappa shape index (κ2) is 6.38. The molecule has 0 radical (unpaired) electrons. The lowest BCUT2D eigenvalue weighted by atomic mass is 10.2. The molecule has 0 saturated heterocycles. The maximum atomic E-state index is 5.76. The quantitative estimate of drug-likeness (QED) is 0.724. The van der Waals surface area contributed by atoms with Crippen molar-refractivity contribution in [2.75, 3.05) is 37.2 Å². The first-order valence-electron chi connectivity index (χ1n) is 5.99. The number of anilines is 2. The summed E-state index contributed by atoms with van der Waals surface area (Å²) in [6, 6.07) is 5.98. The number of nitrogens with two attached hydrogens (primary N) is 1. The first-order valence-corrected chi connectivity index (χ1v) is 5.99. The van der Waals surface area contributed by atoms with Gasteiger partial charge in [0.2, 0.25) is 0 Å². The third-order valence-electron chi connectivity index (χ3n) is 2.90. The van der Waals surface area contributed by atoms with E-state index in [1.807, 2.05) is 12.1 Å². The zero-order chi connectivity index (χ0) is 12.0. The predicted octanol–water partition coefficient (Wildman–Crippen LogP) is 2.33. The molecule has 0 spiro atoms. The van der Waals surface area contributed by atoms with Crippen molar-refractivity contribution >= 4 is 11.4 Å². The highest BCUT2D eigenvalue weighted by Gasteiger charge is 2.00. The Balaban J connectivity index is 2.45. The zero-order valence-corrected chi connectivity index (χ0v) is 10.6. The van der Waals surface area contributed by atoms with Gasteiger partial charge in [0.1, 0.15) is 0 Å². The highest BCUT2D eigenvalue weighted by atomic mass is 15.1. The fourth-order valence-electron chi connectivity index (χ4n) is 1.72. The molecule has 0 amide bonds. The van der Waals surface area contributed by atoms with Gasteiger partial charge in [-0.15, -0.1) is 0 Å². The summed E-state index contributed by atoms with van der Waals surface area (Å²) < 4.78 is 0. The van der Waals surface area contributed by atoms with Gasteiger partial charge in [-0.3, -0.25) is 0 Å². The van der Waals surface area contributed by atoms with Gasteiger partial charge < -0.3 is 16.0 Å². The van der Waals surface area contributed by atoms with Crippen LogP contribution in [-0.2, 0) is 0 Å². The number of aryl methyl sites for hydroxylation is 1. The molecule has 0 heterocycles. The number of hydrogen-bond acceptors (Lipinski definition) is 3. The number of benzene rings is 1. The fraction of sp³-hybridized carbons (Fsp3) is 0.538. The lowest BCUT2D eigenvalue weighted by Gasteiger charge is -2.19. The Hall–Kier alpha value is -1.22. The minimum atomic E-state index is 0.816. The van der Waals surface area contributed by atoms with Gasteiger partial charge in [-0.25, -0.2) is 0 Å². The lowest BCUT2D eigenvalue weighted by molar-refractivity contribution is 0.316. The van der Waals surface area contributed by atoms with Crippen LogP contribution in [0.25, 0.3) is 0 Å². The van der Waals surface area contributed by atoms with Gasteiger partial charge in [-0.2, -0.15) is 0 Å². The van der Waals surface area contributed by atoms with Crippen LogP contribution >= 0.6 is 0 Å². The van der Waals surface area contributed by atoms with Gasteiger partial charge in [0, 0.05) is 24.5 Å². The van der Waals surface area contributed by atoms with Crippen molar-refractivity contribution in [3.05, 3.63) is 23.8 Å². The van der Waals surface area contributed by atoms with Crippen LogP contribution in [0.2, 0.25) is 0 Å². The van der Waals surface area contributed by atoms with E-state index in [0.29, 0.717) is 0 Å². The van der Waals surface area contributed by atoms with Crippen molar-refractivity contribution < 1.29 is 0 Å². The van der Waals surface area contributed by atoms with Crippen LogP contribution in [0.4, 0.5) is 11.4 Å². The topological polar surface area (TPSA) is 41.3 Å². The molecule has 0 fully saturated rings. The summed E-state index contributed by atoms with van der Waals surface area (Å²) in [4.78, 5) is 2.40. The molecule has 3 heteroatoms. The van der Waals surface area contributed by atoms with E-state index < -0.39 is 0 Å². The average molecular weight is 221 g/mol. The van der Waals surface area contributed by atoms with Crippen LogP contribution in [0.3, 0.4) is 0 Å². The van der Waals surface area contributed by atoms with Crippen LogP contribution in [0.1, 0.15) is 19.4 Å². The molecule has 0 aromatic heterocycles. The molecule has 0 unspecified atom stereocenters. The molecule has 1 aromatic carbocycles. The molecular weight excluding hydrogens is 198 g/mol. The van der Waals surface area contributed by atoms with E-state index in [-0.39, 0.29) is 0 Å². The summed E-state index contributed by atoms with van der Waals surface area (Å²) in [7, 11) is 0. The average Bonchev–Trinajstić information content (AvgIpc) is 2.29. The molecule has 3 N–H and O–H groups in total. The van der Waals surface area contributed by atoms with E-state index in [2.05, 4.69) is 37.1 Å². The Labute approximate surface area is 98.6 Å². The van der Waals surface area contributed by atoms with E-state index in [1.165, 1.54) is 5.56 Å². The van der Waals surface area contributed by atoms with Gasteiger partial charge in [0.15, 0.2) is 0 Å². The van der Waals surface area contributed by atoms with Crippen LogP contribution in [0.15, 0.2) is 18.2 Å². The summed E-state index contributed by atoms with van der Waals surface area (Å²) in [6.45, 7) is 10.7. The summed E-state index contributed by atoms with van der Waals surface area (Å²) in [5, 5.41) is 3.43. The largest absolute Gasteiger partial charge is 0.399 e. The molecule has 1 rings (SSSR count). The Kier molecular flexibility index (Phi) is 5.12. The van der Waals surface area contributed by atoms with Crippen molar-refractivity contribution in [1.29, 1.82) is 0 Å². The first-order chi connectivity index (χ1) is 7.67. The van der Waals surface area contributed by atoms with Gasteiger partial charge in [-0.1, -0.05) is 19.9 Å². The number of hydrogen-bond donors (Lipinski definition) is 2. The number of nitrogens with one attached hydrogen (secondary N) is 1. The number of nitrogens with zero attached hydrogens (tertiary/aromatic N) is 1. The Morgan fingerprint density at radius 1 is 1.25 bits per heavy atom. The monoisotopic (exact) mass is 221 g/mol. The van der Waals surface area contributed by atoms with Crippen molar-refractivity contribution in [1.82, 2.24) is 4.90 Å². The summed E-state index contributed by atoms with van der Waals surface area (Å²) in [5.74, 6) is 0. The number of rotatable bonds is 6. The van der Waals surface area contributed by atoms with Crippen molar-refractivity contribution in [2.24, 2.45) is 0 Å². The van der Waals surface area contributed by atoms with Crippen LogP contribution in [0.5, 0.6) is 0 Å². The number of likely N-dealkylation sites (N-methyl/N-ethyl adjacent to an activating group) is 1. The second-order valence-electron chi connectivity index (χ2n) is 4.03. The minimum absolute atomic E-state index is 0.816. The molecule has 0 aliphatic heterocycles. The Morgan fingerprint density at radius 2 is 1.94 bits per heavy atom. The zero-order valence-electron chi connectivity index (χ0n) is 10.6. The van der Waals surface area contributed by atoms with Gasteiger partial charge in [0.25, 0.3) is 0 Å². The highest BCUT2D eigenvalue weighted by Crippen LogP contribution is 2.17. The third kappa shape index (κ3) is 3.74. The molecule has 1 aromatic rings. The molecule has 0 aliphatic rings. The lowest BCUT2D eigenvalue weighted by Crippen LogP contribution is -2.28. The van der Waals surface area contributed by atoms with E-state index >= 15 is 0 Å². The standard InChI is InChI=1S/C13H23N3/c1-4-16(5-2)9-8-15-13-10-12(14)7-6-11(13)3/h6-7,10,15H,4-5,8-9,14H2,1-3H3. The SMILES string of the molecule is CCN(CC)CCNc1cc(N)ccc1C. The van der Waals surface area contributed by atoms with Crippen LogP contribution < -0.4 is 11.1 Å². The molecular formula is C13H23N3. The minimum Gasteiger partial charge on any atom is -0.399 e. The van der Waals surface area contributed by atoms with Gasteiger partial charge >= 0.3 is 0 Å². The molecule has 0 aliphatic carbocycles. The second-order valence-corrected chi connectivity index (χ2v) is 4.03. The molecule has 0 bridgehead atoms. The molecule has 0 saturated carbocycles. The Morgan fingerprint density at radius 3 is 2.56 bits per heavy atom. The maximum absolute atomic E-state index is 5.76. The summed E-state index contributed by atoms with van der Waals surface area (Å²) in [6.07, 6.45) is 0.